The topological polar surface area (TPSA) is 113 Å². The zero-order valence-electron chi connectivity index (χ0n) is 25.1. The maximum Gasteiger partial charge on any atom is 0.272 e. The molecular weight excluding hydrogens is 667 g/mol. The molecule has 0 aliphatic carbocycles. The van der Waals surface area contributed by atoms with Gasteiger partial charge in [0.05, 0.1) is 15.8 Å². The average molecular weight is 694 g/mol. The molecule has 0 saturated carbocycles. The van der Waals surface area contributed by atoms with E-state index in [4.69, 9.17) is 27.6 Å². The molecule has 8 nitrogen and oxygen atoms in total. The maximum absolute atomic E-state index is 13.4. The van der Waals surface area contributed by atoms with Crippen molar-refractivity contribution in [3.8, 4) is 11.5 Å². The highest BCUT2D eigenvalue weighted by Crippen LogP contribution is 2.28. The Morgan fingerprint density at radius 3 is 2.19 bits per heavy atom. The van der Waals surface area contributed by atoms with Crippen molar-refractivity contribution in [1.29, 1.82) is 0 Å². The van der Waals surface area contributed by atoms with Gasteiger partial charge in [0.15, 0.2) is 5.58 Å². The Hall–Kier alpha value is -5.35. The molecular formula is C37H26Cl2N4O4S. The van der Waals surface area contributed by atoms with Crippen molar-refractivity contribution in [2.45, 2.75) is 4.90 Å². The lowest BCUT2D eigenvalue weighted by atomic mass is 10.1. The van der Waals surface area contributed by atoms with Gasteiger partial charge in [-0.05, 0) is 90.5 Å². The van der Waals surface area contributed by atoms with Gasteiger partial charge < -0.3 is 20.4 Å². The third-order valence-electron chi connectivity index (χ3n) is 7.00. The maximum atomic E-state index is 13.4. The zero-order chi connectivity index (χ0) is 33.5. The first-order valence-electron chi connectivity index (χ1n) is 14.6. The van der Waals surface area contributed by atoms with Gasteiger partial charge in [0.1, 0.15) is 11.2 Å². The van der Waals surface area contributed by atoms with Crippen LogP contribution in [0.3, 0.4) is 0 Å². The van der Waals surface area contributed by atoms with Crippen molar-refractivity contribution >= 4 is 81.2 Å². The predicted octanol–water partition coefficient (Wildman–Crippen LogP) is 8.94. The van der Waals surface area contributed by atoms with Crippen LogP contribution in [0, 0.1) is 0 Å². The number of halogens is 2. The Morgan fingerprint density at radius 2 is 1.44 bits per heavy atom. The van der Waals surface area contributed by atoms with E-state index >= 15 is 0 Å². The fraction of sp³-hybridized carbons (Fsp3) is 0.0270. The van der Waals surface area contributed by atoms with E-state index in [1.807, 2.05) is 36.4 Å². The van der Waals surface area contributed by atoms with Gasteiger partial charge >= 0.3 is 0 Å². The number of benzene rings is 5. The number of carbonyl (C=O) groups is 3. The minimum absolute atomic E-state index is 0.0231. The number of oxazole rings is 1. The average Bonchev–Trinajstić information content (AvgIpc) is 3.55. The normalized spacial score (nSPS) is 11.2. The summed E-state index contributed by atoms with van der Waals surface area (Å²) in [5.74, 6) is -0.497. The molecule has 0 atom stereocenters. The number of rotatable bonds is 10. The van der Waals surface area contributed by atoms with Gasteiger partial charge in [-0.1, -0.05) is 65.7 Å². The van der Waals surface area contributed by atoms with Gasteiger partial charge in [-0.25, -0.2) is 4.98 Å². The Labute approximate surface area is 290 Å². The molecule has 0 radical (unpaired) electrons. The van der Waals surface area contributed by atoms with Crippen LogP contribution in [0.5, 0.6) is 0 Å². The van der Waals surface area contributed by atoms with E-state index < -0.39 is 11.8 Å². The first kappa shape index (κ1) is 32.6. The Bertz CT molecular complexity index is 2100. The quantitative estimate of drug-likeness (QED) is 0.0976. The molecule has 6 rings (SSSR count). The number of hydrogen-bond acceptors (Lipinski definition) is 6. The monoisotopic (exact) mass is 692 g/mol. The van der Waals surface area contributed by atoms with Crippen molar-refractivity contribution in [2.75, 3.05) is 16.4 Å². The van der Waals surface area contributed by atoms with Gasteiger partial charge in [-0.15, -0.1) is 11.8 Å². The molecule has 0 spiro atoms. The molecule has 0 saturated heterocycles. The highest BCUT2D eigenvalue weighted by Gasteiger charge is 2.17. The summed E-state index contributed by atoms with van der Waals surface area (Å²) in [6, 6.07) is 35.4. The molecule has 0 aliphatic rings. The molecule has 1 heterocycles. The molecule has 48 heavy (non-hydrogen) atoms. The van der Waals surface area contributed by atoms with Crippen molar-refractivity contribution in [1.82, 2.24) is 10.3 Å². The smallest absolute Gasteiger partial charge is 0.272 e. The second kappa shape index (κ2) is 15.0. The van der Waals surface area contributed by atoms with E-state index in [9.17, 15) is 14.4 Å². The third-order valence-corrected chi connectivity index (χ3v) is 8.85. The standard InChI is InChI=1S/C37H26Cl2N4O4S/c38-29-10-6-9-25(34(29)39)21-31(42-35(45)23-7-2-1-3-8-23)36(46)41-27-17-19-28(20-18-27)48-22-33(44)40-26-15-13-24(14-16-26)37-43-30-11-4-5-12-32(30)47-37/h1-21H,22H2,(H,40,44)(H,41,46)(H,42,45)/b31-21-. The molecule has 11 heteroatoms. The van der Waals surface area contributed by atoms with Crippen LogP contribution >= 0.6 is 35.0 Å². The van der Waals surface area contributed by atoms with Gasteiger partial charge in [0.25, 0.3) is 11.8 Å². The van der Waals surface area contributed by atoms with E-state index in [2.05, 4.69) is 20.9 Å². The van der Waals surface area contributed by atoms with Crippen LogP contribution in [0.25, 0.3) is 28.6 Å². The number of aromatic nitrogens is 1. The van der Waals surface area contributed by atoms with Crippen LogP contribution in [-0.4, -0.2) is 28.5 Å². The second-order valence-corrected chi connectivity index (χ2v) is 12.2. The summed E-state index contributed by atoms with van der Waals surface area (Å²) >= 11 is 13.9. The largest absolute Gasteiger partial charge is 0.436 e. The molecule has 5 aromatic carbocycles. The van der Waals surface area contributed by atoms with E-state index in [0.717, 1.165) is 16.0 Å². The number of amides is 3. The van der Waals surface area contributed by atoms with Gasteiger partial charge in [-0.2, -0.15) is 0 Å². The SMILES string of the molecule is O=C(CSc1ccc(NC(=O)/C(=C/c2cccc(Cl)c2Cl)NC(=O)c2ccccc2)cc1)Nc1ccc(-c2nc3ccccc3o2)cc1. The molecule has 3 N–H and O–H groups in total. The summed E-state index contributed by atoms with van der Waals surface area (Å²) in [7, 11) is 0. The van der Waals surface area contributed by atoms with Crippen LogP contribution in [0.1, 0.15) is 15.9 Å². The van der Waals surface area contributed by atoms with Crippen LogP contribution in [0.15, 0.2) is 136 Å². The Kier molecular flexibility index (Phi) is 10.2. The predicted molar refractivity (Wildman–Crippen MR) is 192 cm³/mol. The number of anilines is 2. The summed E-state index contributed by atoms with van der Waals surface area (Å²) in [6.07, 6.45) is 1.47. The number of para-hydroxylation sites is 2. The van der Waals surface area contributed by atoms with Crippen LogP contribution in [-0.2, 0) is 9.59 Å². The summed E-state index contributed by atoms with van der Waals surface area (Å²) < 4.78 is 5.81. The first-order valence-corrected chi connectivity index (χ1v) is 16.4. The highest BCUT2D eigenvalue weighted by atomic mass is 35.5. The van der Waals surface area contributed by atoms with Crippen LogP contribution in [0.2, 0.25) is 10.0 Å². The Balaban J connectivity index is 1.06. The Morgan fingerprint density at radius 1 is 0.750 bits per heavy atom. The lowest BCUT2D eigenvalue weighted by Gasteiger charge is -2.12. The number of nitrogens with one attached hydrogen (secondary N) is 3. The third kappa shape index (κ3) is 8.13. The van der Waals surface area contributed by atoms with Gasteiger partial charge in [-0.3, -0.25) is 14.4 Å². The van der Waals surface area contributed by atoms with E-state index in [1.165, 1.54) is 17.8 Å². The molecule has 238 valence electrons. The summed E-state index contributed by atoms with van der Waals surface area (Å²) in [6.45, 7) is 0. The first-order chi connectivity index (χ1) is 23.3. The summed E-state index contributed by atoms with van der Waals surface area (Å²) in [5, 5.41) is 8.95. The number of fused-ring (bicyclic) bond motifs is 1. The van der Waals surface area contributed by atoms with Gasteiger partial charge in [0.2, 0.25) is 11.8 Å². The minimum Gasteiger partial charge on any atom is -0.436 e. The zero-order valence-corrected chi connectivity index (χ0v) is 27.4. The number of carbonyl (C=O) groups excluding carboxylic acids is 3. The lowest BCUT2D eigenvalue weighted by Crippen LogP contribution is -2.30. The van der Waals surface area contributed by atoms with Crippen molar-refractivity contribution in [3.63, 3.8) is 0 Å². The van der Waals surface area contributed by atoms with Crippen LogP contribution < -0.4 is 16.0 Å². The summed E-state index contributed by atoms with van der Waals surface area (Å²) in [4.78, 5) is 44.3. The van der Waals surface area contributed by atoms with Crippen molar-refractivity contribution < 1.29 is 18.8 Å². The molecule has 0 unspecified atom stereocenters. The molecule has 1 aromatic heterocycles. The highest BCUT2D eigenvalue weighted by molar-refractivity contribution is 8.00. The molecule has 6 aromatic rings. The van der Waals surface area contributed by atoms with E-state index in [1.54, 1.807) is 84.9 Å². The minimum atomic E-state index is -0.558. The van der Waals surface area contributed by atoms with E-state index in [-0.39, 0.29) is 22.4 Å². The van der Waals surface area contributed by atoms with Crippen molar-refractivity contribution in [3.05, 3.63) is 148 Å². The molecule has 0 bridgehead atoms. The second-order valence-electron chi connectivity index (χ2n) is 10.4. The summed E-state index contributed by atoms with van der Waals surface area (Å²) in [5.41, 5.74) is 4.27. The number of hydrogen-bond donors (Lipinski definition) is 3. The van der Waals surface area contributed by atoms with Crippen molar-refractivity contribution in [2.24, 2.45) is 0 Å². The fourth-order valence-corrected chi connectivity index (χ4v) is 5.66. The lowest BCUT2D eigenvalue weighted by molar-refractivity contribution is -0.114. The molecule has 0 aliphatic heterocycles. The molecule has 3 amide bonds. The van der Waals surface area contributed by atoms with Gasteiger partial charge in [0, 0.05) is 27.4 Å². The number of thioether (sulfide) groups is 1. The van der Waals surface area contributed by atoms with Crippen LogP contribution in [0.4, 0.5) is 11.4 Å². The number of nitrogens with zero attached hydrogens (tertiary/aromatic N) is 1. The molecule has 0 fully saturated rings. The fourth-order valence-electron chi connectivity index (χ4n) is 4.60. The van der Waals surface area contributed by atoms with E-state index in [0.29, 0.717) is 39.0 Å².